The molecule has 3 N–H and O–H groups in total. The lowest BCUT2D eigenvalue weighted by atomic mass is 9.89. The maximum absolute atomic E-state index is 14.3. The minimum absolute atomic E-state index is 0.0109. The van der Waals surface area contributed by atoms with Crippen molar-refractivity contribution in [3.63, 3.8) is 0 Å². The van der Waals surface area contributed by atoms with Gasteiger partial charge >= 0.3 is 5.97 Å². The van der Waals surface area contributed by atoms with Crippen LogP contribution < -0.4 is 10.6 Å². The number of nitrogens with one attached hydrogen (secondary N) is 2. The van der Waals surface area contributed by atoms with Crippen LogP contribution in [0.3, 0.4) is 0 Å². The highest BCUT2D eigenvalue weighted by atomic mass is 16.5. The largest absolute Gasteiger partial charge is 0.478 e. The van der Waals surface area contributed by atoms with Gasteiger partial charge in [0.1, 0.15) is 0 Å². The van der Waals surface area contributed by atoms with Crippen LogP contribution in [0.2, 0.25) is 0 Å². The molecule has 1 saturated heterocycles. The van der Waals surface area contributed by atoms with Crippen molar-refractivity contribution >= 4 is 29.6 Å². The SMILES string of the molecule is CCCCN(C(=O)CNC(=O)[C@H](C(C)C)N(C)C)[C@@H]([C@@H](C)CC)[C@@H](CC(=O)N1CCC[C@H]1[C@H](OC)[C@@H](C)C(=O)N[C@H](/C=C/C(=O)O)Cc1ccccc1)OC. The smallest absolute Gasteiger partial charge is 0.328 e. The van der Waals surface area contributed by atoms with Crippen molar-refractivity contribution in [3.8, 4) is 0 Å². The van der Waals surface area contributed by atoms with Crippen molar-refractivity contribution in [3.05, 3.63) is 48.0 Å². The molecule has 1 aliphatic heterocycles. The number of rotatable bonds is 24. The number of aliphatic carboxylic acids is 1. The van der Waals surface area contributed by atoms with E-state index in [-0.39, 0.29) is 60.5 Å². The van der Waals surface area contributed by atoms with E-state index in [1.807, 2.05) is 63.2 Å². The first kappa shape index (κ1) is 47.3. The molecule has 1 aromatic carbocycles. The molecule has 310 valence electrons. The fourth-order valence-corrected chi connectivity index (χ4v) is 7.85. The first-order valence-electron chi connectivity index (χ1n) is 20.0. The van der Waals surface area contributed by atoms with Crippen molar-refractivity contribution in [1.29, 1.82) is 0 Å². The minimum Gasteiger partial charge on any atom is -0.478 e. The van der Waals surface area contributed by atoms with Gasteiger partial charge in [0, 0.05) is 33.4 Å². The molecule has 0 radical (unpaired) electrons. The Morgan fingerprint density at radius 3 is 2.22 bits per heavy atom. The zero-order valence-corrected chi connectivity index (χ0v) is 35.0. The molecule has 1 fully saturated rings. The van der Waals surface area contributed by atoms with Crippen LogP contribution in [0.5, 0.6) is 0 Å². The van der Waals surface area contributed by atoms with E-state index in [1.165, 1.54) is 13.2 Å². The molecule has 13 nitrogen and oxygen atoms in total. The fraction of sp³-hybridized carbons (Fsp3) is 0.690. The van der Waals surface area contributed by atoms with Gasteiger partial charge in [-0.3, -0.25) is 24.1 Å². The minimum atomic E-state index is -1.11. The molecule has 8 atom stereocenters. The molecule has 0 aliphatic carbocycles. The average Bonchev–Trinajstić information content (AvgIpc) is 3.63. The first-order chi connectivity index (χ1) is 26.1. The lowest BCUT2D eigenvalue weighted by Gasteiger charge is -2.41. The summed E-state index contributed by atoms with van der Waals surface area (Å²) in [6.45, 7) is 12.7. The van der Waals surface area contributed by atoms with E-state index in [1.54, 1.807) is 23.8 Å². The molecule has 13 heteroatoms. The highest BCUT2D eigenvalue weighted by molar-refractivity contribution is 5.88. The van der Waals surface area contributed by atoms with Gasteiger partial charge < -0.3 is 35.0 Å². The summed E-state index contributed by atoms with van der Waals surface area (Å²) in [6, 6.07) is 7.76. The number of amides is 4. The topological polar surface area (TPSA) is 158 Å². The Morgan fingerprint density at radius 1 is 1.00 bits per heavy atom. The van der Waals surface area contributed by atoms with E-state index >= 15 is 0 Å². The lowest BCUT2D eigenvalue weighted by Crippen LogP contribution is -2.56. The summed E-state index contributed by atoms with van der Waals surface area (Å²) in [5, 5.41) is 15.1. The number of hydrogen-bond acceptors (Lipinski definition) is 8. The van der Waals surface area contributed by atoms with Crippen molar-refractivity contribution in [1.82, 2.24) is 25.3 Å². The van der Waals surface area contributed by atoms with Gasteiger partial charge in [-0.2, -0.15) is 0 Å². The number of likely N-dealkylation sites (N-methyl/N-ethyl adjacent to an activating group) is 1. The molecule has 0 unspecified atom stereocenters. The number of likely N-dealkylation sites (tertiary alicyclic amines) is 1. The molecule has 0 bridgehead atoms. The summed E-state index contributed by atoms with van der Waals surface area (Å²) in [4.78, 5) is 71.8. The van der Waals surface area contributed by atoms with Gasteiger partial charge in [-0.1, -0.05) is 90.8 Å². The summed E-state index contributed by atoms with van der Waals surface area (Å²) in [7, 11) is 6.80. The normalized spacial score (nSPS) is 18.4. The second-order valence-electron chi connectivity index (χ2n) is 15.5. The van der Waals surface area contributed by atoms with Crippen LogP contribution in [0.4, 0.5) is 0 Å². The number of hydrogen-bond donors (Lipinski definition) is 3. The molecular weight excluding hydrogens is 702 g/mol. The first-order valence-corrected chi connectivity index (χ1v) is 20.0. The van der Waals surface area contributed by atoms with Gasteiger partial charge in [-0.25, -0.2) is 4.79 Å². The number of carbonyl (C=O) groups is 5. The van der Waals surface area contributed by atoms with Crippen molar-refractivity contribution in [2.45, 2.75) is 123 Å². The van der Waals surface area contributed by atoms with Crippen LogP contribution in [0, 0.1) is 17.8 Å². The van der Waals surface area contributed by atoms with Gasteiger partial charge in [0.15, 0.2) is 0 Å². The van der Waals surface area contributed by atoms with E-state index in [0.717, 1.165) is 37.3 Å². The van der Waals surface area contributed by atoms with E-state index in [4.69, 9.17) is 9.47 Å². The monoisotopic (exact) mass is 772 g/mol. The van der Waals surface area contributed by atoms with Crippen LogP contribution in [0.25, 0.3) is 0 Å². The Hall–Kier alpha value is -3.81. The number of ether oxygens (including phenoxy) is 2. The fourth-order valence-electron chi connectivity index (χ4n) is 7.85. The van der Waals surface area contributed by atoms with Gasteiger partial charge in [-0.15, -0.1) is 0 Å². The molecule has 0 saturated carbocycles. The quantitative estimate of drug-likeness (QED) is 0.132. The van der Waals surface area contributed by atoms with Crippen LogP contribution in [0.1, 0.15) is 85.6 Å². The maximum atomic E-state index is 14.3. The molecule has 0 spiro atoms. The third-order valence-corrected chi connectivity index (χ3v) is 10.9. The number of unbranched alkanes of at least 4 members (excludes halogenated alkanes) is 1. The Bertz CT molecular complexity index is 1380. The molecule has 4 amide bonds. The summed E-state index contributed by atoms with van der Waals surface area (Å²) < 4.78 is 12.0. The highest BCUT2D eigenvalue weighted by Crippen LogP contribution is 2.30. The van der Waals surface area contributed by atoms with E-state index in [0.29, 0.717) is 25.9 Å². The predicted octanol–water partition coefficient (Wildman–Crippen LogP) is 4.15. The Labute approximate surface area is 329 Å². The summed E-state index contributed by atoms with van der Waals surface area (Å²) in [5.41, 5.74) is 0.943. The Morgan fingerprint density at radius 2 is 1.67 bits per heavy atom. The van der Waals surface area contributed by atoms with Crippen molar-refractivity contribution < 1.29 is 38.6 Å². The molecule has 2 rings (SSSR count). The second-order valence-corrected chi connectivity index (χ2v) is 15.5. The number of methoxy groups -OCH3 is 2. The van der Waals surface area contributed by atoms with Crippen LogP contribution in [-0.2, 0) is 39.9 Å². The van der Waals surface area contributed by atoms with Gasteiger partial charge in [-0.05, 0) is 57.2 Å². The van der Waals surface area contributed by atoms with E-state index in [2.05, 4.69) is 31.4 Å². The standard InChI is InChI=1S/C42H69N5O8/c1-11-13-23-47(36(49)27-43-42(53)38(28(3)4)45(7)8)39(29(5)12-2)34(54-9)26-35(48)46-24-17-20-33(46)40(55-10)30(6)41(52)44-32(21-22-37(50)51)25-31-18-15-14-16-19-31/h14-16,18-19,21-22,28-30,32-34,38-40H,11-13,17,20,23-27H2,1-10H3,(H,43,53)(H,44,52)(H,50,51)/b22-21+/t29-,30+,32+,33-,34+,38-,39-,40+/m0/s1. The third kappa shape index (κ3) is 14.3. The number of carbonyl (C=O) groups excluding carboxylic acids is 4. The molecule has 55 heavy (non-hydrogen) atoms. The number of carboxylic acid groups (broad SMARTS) is 1. The Balaban J connectivity index is 2.29. The summed E-state index contributed by atoms with van der Waals surface area (Å²) in [6.07, 6.45) is 5.43. The highest BCUT2D eigenvalue weighted by Gasteiger charge is 2.42. The van der Waals surface area contributed by atoms with Crippen LogP contribution in [-0.4, -0.2) is 134 Å². The zero-order valence-electron chi connectivity index (χ0n) is 35.0. The average molecular weight is 772 g/mol. The van der Waals surface area contributed by atoms with E-state index in [9.17, 15) is 29.1 Å². The lowest BCUT2D eigenvalue weighted by molar-refractivity contribution is -0.147. The van der Waals surface area contributed by atoms with E-state index < -0.39 is 36.2 Å². The summed E-state index contributed by atoms with van der Waals surface area (Å²) >= 11 is 0. The maximum Gasteiger partial charge on any atom is 0.328 e. The predicted molar refractivity (Wildman–Crippen MR) is 214 cm³/mol. The molecule has 1 heterocycles. The van der Waals surface area contributed by atoms with Gasteiger partial charge in [0.2, 0.25) is 23.6 Å². The number of nitrogens with zero attached hydrogens (tertiary/aromatic N) is 3. The Kier molecular flexibility index (Phi) is 20.6. The number of benzene rings is 1. The second kappa shape index (κ2) is 24.0. The molecule has 1 aromatic rings. The molecule has 0 aromatic heterocycles. The van der Waals surface area contributed by atoms with Gasteiger partial charge in [0.25, 0.3) is 0 Å². The molecular formula is C42H69N5O8. The molecule has 1 aliphatic rings. The van der Waals surface area contributed by atoms with Crippen molar-refractivity contribution in [2.75, 3.05) is 47.9 Å². The third-order valence-electron chi connectivity index (χ3n) is 10.9. The summed E-state index contributed by atoms with van der Waals surface area (Å²) in [5.74, 6) is -2.60. The zero-order chi connectivity index (χ0) is 41.2. The van der Waals surface area contributed by atoms with Crippen LogP contribution in [0.15, 0.2) is 42.5 Å². The van der Waals surface area contributed by atoms with Crippen LogP contribution >= 0.6 is 0 Å². The number of carboxylic acids is 1. The van der Waals surface area contributed by atoms with Crippen molar-refractivity contribution in [2.24, 2.45) is 17.8 Å². The van der Waals surface area contributed by atoms with Gasteiger partial charge in [0.05, 0.1) is 55.3 Å².